The first-order valence-electron chi connectivity index (χ1n) is 6.96. The molecule has 1 N–H and O–H groups in total. The highest BCUT2D eigenvalue weighted by Crippen LogP contribution is 2.36. The van der Waals surface area contributed by atoms with Crippen LogP contribution < -0.4 is 0 Å². The van der Waals surface area contributed by atoms with E-state index in [2.05, 4.69) is 9.97 Å². The first-order chi connectivity index (χ1) is 11.4. The van der Waals surface area contributed by atoms with Crippen molar-refractivity contribution in [1.82, 2.24) is 9.97 Å². The molecule has 2 aromatic carbocycles. The van der Waals surface area contributed by atoms with E-state index in [9.17, 15) is 17.6 Å². The second-order valence-electron chi connectivity index (χ2n) is 5.02. The molecule has 0 bridgehead atoms. The van der Waals surface area contributed by atoms with Crippen LogP contribution in [0.4, 0.5) is 17.6 Å². The molecule has 3 aromatic rings. The molecule has 0 fully saturated rings. The fourth-order valence-corrected chi connectivity index (χ4v) is 2.73. The van der Waals surface area contributed by atoms with Crippen molar-refractivity contribution in [2.75, 3.05) is 6.26 Å². The molecule has 0 atom stereocenters. The Balaban J connectivity index is 2.20. The number of alkyl halides is 3. The van der Waals surface area contributed by atoms with Crippen molar-refractivity contribution in [1.29, 1.82) is 0 Å². The number of aromatic amines is 1. The van der Waals surface area contributed by atoms with E-state index in [1.54, 1.807) is 30.3 Å². The van der Waals surface area contributed by atoms with Gasteiger partial charge >= 0.3 is 6.18 Å². The van der Waals surface area contributed by atoms with Crippen LogP contribution in [-0.4, -0.2) is 16.2 Å². The molecule has 7 heteroatoms. The molecule has 0 spiro atoms. The van der Waals surface area contributed by atoms with E-state index < -0.39 is 17.8 Å². The van der Waals surface area contributed by atoms with Crippen molar-refractivity contribution in [3.05, 3.63) is 60.2 Å². The highest BCUT2D eigenvalue weighted by atomic mass is 32.2. The maximum absolute atomic E-state index is 14.1. The fraction of sp³-hybridized carbons (Fsp3) is 0.118. The van der Waals surface area contributed by atoms with Gasteiger partial charge in [0.2, 0.25) is 5.82 Å². The van der Waals surface area contributed by atoms with Gasteiger partial charge in [-0.05, 0) is 30.5 Å². The highest BCUT2D eigenvalue weighted by Gasteiger charge is 2.36. The molecule has 3 rings (SSSR count). The van der Waals surface area contributed by atoms with Crippen molar-refractivity contribution in [2.45, 2.75) is 11.1 Å². The lowest BCUT2D eigenvalue weighted by Gasteiger charge is -2.05. The molecule has 0 amide bonds. The Labute approximate surface area is 139 Å². The third kappa shape index (κ3) is 3.17. The smallest absolute Gasteiger partial charge is 0.334 e. The van der Waals surface area contributed by atoms with Crippen LogP contribution in [0.5, 0.6) is 0 Å². The van der Waals surface area contributed by atoms with Gasteiger partial charge in [-0.15, -0.1) is 11.8 Å². The first-order valence-corrected chi connectivity index (χ1v) is 8.19. The minimum absolute atomic E-state index is 0.0114. The van der Waals surface area contributed by atoms with Crippen molar-refractivity contribution < 1.29 is 17.6 Å². The van der Waals surface area contributed by atoms with E-state index in [0.29, 0.717) is 5.56 Å². The molecule has 0 unspecified atom stereocenters. The lowest BCUT2D eigenvalue weighted by Crippen LogP contribution is -2.07. The summed E-state index contributed by atoms with van der Waals surface area (Å²) in [5.74, 6) is -1.76. The number of H-pyrrole nitrogens is 1. The zero-order chi connectivity index (χ0) is 17.3. The van der Waals surface area contributed by atoms with Gasteiger partial charge in [-0.3, -0.25) is 0 Å². The molecule has 1 aromatic heterocycles. The minimum Gasteiger partial charge on any atom is -0.334 e. The van der Waals surface area contributed by atoms with Crippen LogP contribution in [0.15, 0.2) is 53.4 Å². The number of hydrogen-bond acceptors (Lipinski definition) is 2. The Kier molecular flexibility index (Phi) is 4.36. The fourth-order valence-electron chi connectivity index (χ4n) is 2.32. The van der Waals surface area contributed by atoms with Gasteiger partial charge in [0.1, 0.15) is 5.82 Å². The molecule has 0 aliphatic heterocycles. The van der Waals surface area contributed by atoms with Gasteiger partial charge in [-0.1, -0.05) is 24.3 Å². The average molecular weight is 352 g/mol. The quantitative estimate of drug-likeness (QED) is 0.489. The lowest BCUT2D eigenvalue weighted by molar-refractivity contribution is -0.144. The van der Waals surface area contributed by atoms with Gasteiger partial charge in [-0.2, -0.15) is 13.2 Å². The van der Waals surface area contributed by atoms with Gasteiger partial charge < -0.3 is 4.98 Å². The lowest BCUT2D eigenvalue weighted by atomic mass is 10.0. The highest BCUT2D eigenvalue weighted by molar-refractivity contribution is 7.98. The number of nitrogens with one attached hydrogen (secondary N) is 1. The van der Waals surface area contributed by atoms with Crippen LogP contribution in [0, 0.1) is 5.82 Å². The largest absolute Gasteiger partial charge is 0.449 e. The summed E-state index contributed by atoms with van der Waals surface area (Å²) in [4.78, 5) is 6.87. The second-order valence-corrected chi connectivity index (χ2v) is 5.89. The molecular weight excluding hydrogens is 340 g/mol. The number of imidazole rings is 1. The van der Waals surface area contributed by atoms with E-state index in [1.807, 2.05) is 6.26 Å². The van der Waals surface area contributed by atoms with Crippen molar-refractivity contribution >= 4 is 11.8 Å². The molecule has 0 aliphatic rings. The van der Waals surface area contributed by atoms with Gasteiger partial charge in [0.15, 0.2) is 0 Å². The minimum atomic E-state index is -4.64. The van der Waals surface area contributed by atoms with E-state index in [-0.39, 0.29) is 17.0 Å². The maximum atomic E-state index is 14.1. The molecule has 1 heterocycles. The molecule has 0 aliphatic carbocycles. The molecule has 24 heavy (non-hydrogen) atoms. The molecular formula is C17H12F4N2S. The normalized spacial score (nSPS) is 11.7. The Morgan fingerprint density at radius 2 is 1.67 bits per heavy atom. The van der Waals surface area contributed by atoms with Crippen LogP contribution in [0.1, 0.15) is 5.82 Å². The van der Waals surface area contributed by atoms with Crippen LogP contribution in [0.3, 0.4) is 0 Å². The summed E-state index contributed by atoms with van der Waals surface area (Å²) >= 11 is 1.52. The van der Waals surface area contributed by atoms with Crippen molar-refractivity contribution in [3.63, 3.8) is 0 Å². The number of rotatable bonds is 3. The van der Waals surface area contributed by atoms with E-state index in [4.69, 9.17) is 0 Å². The third-order valence-electron chi connectivity index (χ3n) is 3.48. The second kappa shape index (κ2) is 6.32. The Hall–Kier alpha value is -2.28. The topological polar surface area (TPSA) is 28.7 Å². The number of benzene rings is 2. The molecule has 2 nitrogen and oxygen atoms in total. The van der Waals surface area contributed by atoms with E-state index in [1.165, 1.54) is 30.0 Å². The zero-order valence-corrected chi connectivity index (χ0v) is 13.3. The number of halogens is 4. The Morgan fingerprint density at radius 1 is 1.00 bits per heavy atom. The van der Waals surface area contributed by atoms with E-state index >= 15 is 0 Å². The van der Waals surface area contributed by atoms with Crippen LogP contribution in [0.25, 0.3) is 22.5 Å². The van der Waals surface area contributed by atoms with E-state index in [0.717, 1.165) is 4.90 Å². The summed E-state index contributed by atoms with van der Waals surface area (Å²) in [6.45, 7) is 0. The van der Waals surface area contributed by atoms with Gasteiger partial charge in [-0.25, -0.2) is 9.37 Å². The van der Waals surface area contributed by atoms with Gasteiger partial charge in [0.05, 0.1) is 11.4 Å². The summed E-state index contributed by atoms with van der Waals surface area (Å²) in [6.07, 6.45) is -2.74. The van der Waals surface area contributed by atoms with Crippen molar-refractivity contribution in [2.24, 2.45) is 0 Å². The van der Waals surface area contributed by atoms with Gasteiger partial charge in [0.25, 0.3) is 0 Å². The summed E-state index contributed by atoms with van der Waals surface area (Å²) in [5, 5.41) is 0. The number of nitrogens with zero attached hydrogens (tertiary/aromatic N) is 1. The number of hydrogen-bond donors (Lipinski definition) is 1. The SMILES string of the molecule is CSc1ccc(-c2nc(C(F)(F)F)[nH]c2-c2ccccc2F)cc1. The van der Waals surface area contributed by atoms with Crippen LogP contribution in [0.2, 0.25) is 0 Å². The van der Waals surface area contributed by atoms with Crippen molar-refractivity contribution in [3.8, 4) is 22.5 Å². The first kappa shape index (κ1) is 16.6. The Bertz CT molecular complexity index is 854. The molecule has 0 radical (unpaired) electrons. The molecule has 0 saturated heterocycles. The third-order valence-corrected chi connectivity index (χ3v) is 4.22. The average Bonchev–Trinajstić information content (AvgIpc) is 3.01. The van der Waals surface area contributed by atoms with Crippen LogP contribution >= 0.6 is 11.8 Å². The van der Waals surface area contributed by atoms with Gasteiger partial charge in [0, 0.05) is 16.0 Å². The summed E-state index contributed by atoms with van der Waals surface area (Å²) in [6, 6.07) is 12.6. The number of thioether (sulfide) groups is 1. The number of aromatic nitrogens is 2. The monoisotopic (exact) mass is 352 g/mol. The molecule has 0 saturated carbocycles. The summed E-state index contributed by atoms with van der Waals surface area (Å²) in [5.41, 5.74) is 0.611. The summed E-state index contributed by atoms with van der Waals surface area (Å²) in [7, 11) is 0. The predicted molar refractivity (Wildman–Crippen MR) is 86.2 cm³/mol. The predicted octanol–water partition coefficient (Wildman–Crippen LogP) is 5.62. The summed E-state index contributed by atoms with van der Waals surface area (Å²) < 4.78 is 53.2. The standard InChI is InChI=1S/C17H12F4N2S/c1-24-11-8-6-10(7-9-11)14-15(12-4-2-3-5-13(12)18)23-16(22-14)17(19,20)21/h2-9H,1H3,(H,22,23). The maximum Gasteiger partial charge on any atom is 0.449 e. The zero-order valence-electron chi connectivity index (χ0n) is 12.5. The van der Waals surface area contributed by atoms with Crippen LogP contribution in [-0.2, 0) is 6.18 Å². The Morgan fingerprint density at radius 3 is 2.25 bits per heavy atom. The molecule has 124 valence electrons.